The highest BCUT2D eigenvalue weighted by Gasteiger charge is 2.12. The molecule has 1 aromatic heterocycles. The second-order valence-corrected chi connectivity index (χ2v) is 4.08. The molecule has 0 saturated heterocycles. The van der Waals surface area contributed by atoms with Crippen LogP contribution < -0.4 is 10.1 Å². The van der Waals surface area contributed by atoms with Crippen LogP contribution in [-0.4, -0.2) is 13.2 Å². The van der Waals surface area contributed by atoms with Crippen LogP contribution in [0.25, 0.3) is 0 Å². The summed E-state index contributed by atoms with van der Waals surface area (Å²) >= 11 is 0. The zero-order valence-electron chi connectivity index (χ0n) is 10.6. The average Bonchev–Trinajstić information content (AvgIpc) is 2.93. The molecule has 96 valence electrons. The van der Waals surface area contributed by atoms with Gasteiger partial charge in [0.2, 0.25) is 0 Å². The molecular formula is C15H19NO2. The van der Waals surface area contributed by atoms with Crippen molar-refractivity contribution in [3.05, 3.63) is 54.5 Å². The SMILES string of the molecule is CCNC(CCOc1ccccc1)c1ccco1. The van der Waals surface area contributed by atoms with Gasteiger partial charge in [0.05, 0.1) is 18.9 Å². The second-order valence-electron chi connectivity index (χ2n) is 4.08. The van der Waals surface area contributed by atoms with Gasteiger partial charge in [0.15, 0.2) is 0 Å². The van der Waals surface area contributed by atoms with E-state index in [2.05, 4.69) is 12.2 Å². The summed E-state index contributed by atoms with van der Waals surface area (Å²) < 4.78 is 11.1. The first kappa shape index (κ1) is 12.7. The van der Waals surface area contributed by atoms with Gasteiger partial charge in [0.25, 0.3) is 0 Å². The van der Waals surface area contributed by atoms with Crippen LogP contribution in [0, 0.1) is 0 Å². The summed E-state index contributed by atoms with van der Waals surface area (Å²) in [5.41, 5.74) is 0. The van der Waals surface area contributed by atoms with E-state index in [0.29, 0.717) is 6.61 Å². The molecule has 18 heavy (non-hydrogen) atoms. The van der Waals surface area contributed by atoms with Crippen molar-refractivity contribution in [3.8, 4) is 5.75 Å². The number of para-hydroxylation sites is 1. The zero-order chi connectivity index (χ0) is 12.6. The number of furan rings is 1. The Morgan fingerprint density at radius 3 is 2.67 bits per heavy atom. The highest BCUT2D eigenvalue weighted by molar-refractivity contribution is 5.20. The molecule has 1 N–H and O–H groups in total. The van der Waals surface area contributed by atoms with Gasteiger partial charge in [0.1, 0.15) is 11.5 Å². The van der Waals surface area contributed by atoms with Gasteiger partial charge in [-0.15, -0.1) is 0 Å². The van der Waals surface area contributed by atoms with Gasteiger partial charge in [0, 0.05) is 6.42 Å². The Hall–Kier alpha value is -1.74. The van der Waals surface area contributed by atoms with Crippen molar-refractivity contribution in [1.29, 1.82) is 0 Å². The highest BCUT2D eigenvalue weighted by atomic mass is 16.5. The van der Waals surface area contributed by atoms with E-state index < -0.39 is 0 Å². The maximum Gasteiger partial charge on any atom is 0.120 e. The third-order valence-electron chi connectivity index (χ3n) is 2.76. The van der Waals surface area contributed by atoms with E-state index in [0.717, 1.165) is 24.5 Å². The van der Waals surface area contributed by atoms with E-state index in [1.807, 2.05) is 42.5 Å². The number of benzene rings is 1. The van der Waals surface area contributed by atoms with Gasteiger partial charge in [-0.3, -0.25) is 0 Å². The van der Waals surface area contributed by atoms with Gasteiger partial charge >= 0.3 is 0 Å². The van der Waals surface area contributed by atoms with Gasteiger partial charge < -0.3 is 14.5 Å². The molecule has 0 aliphatic heterocycles. The molecule has 0 radical (unpaired) electrons. The molecule has 1 atom stereocenters. The number of nitrogens with one attached hydrogen (secondary N) is 1. The van der Waals surface area contributed by atoms with Crippen LogP contribution in [0.3, 0.4) is 0 Å². The predicted molar refractivity (Wildman–Crippen MR) is 71.7 cm³/mol. The van der Waals surface area contributed by atoms with Crippen LogP contribution >= 0.6 is 0 Å². The van der Waals surface area contributed by atoms with Gasteiger partial charge in [-0.05, 0) is 30.8 Å². The first-order chi connectivity index (χ1) is 8.90. The molecule has 3 heteroatoms. The van der Waals surface area contributed by atoms with E-state index in [-0.39, 0.29) is 6.04 Å². The second kappa shape index (κ2) is 6.87. The molecule has 2 rings (SSSR count). The van der Waals surface area contributed by atoms with Crippen molar-refractivity contribution in [3.63, 3.8) is 0 Å². The fourth-order valence-corrected chi connectivity index (χ4v) is 1.89. The third-order valence-corrected chi connectivity index (χ3v) is 2.76. The molecule has 1 aromatic carbocycles. The summed E-state index contributed by atoms with van der Waals surface area (Å²) in [5.74, 6) is 1.88. The van der Waals surface area contributed by atoms with Crippen molar-refractivity contribution in [1.82, 2.24) is 5.32 Å². The lowest BCUT2D eigenvalue weighted by Crippen LogP contribution is -2.22. The van der Waals surface area contributed by atoms with Gasteiger partial charge in [-0.2, -0.15) is 0 Å². The number of hydrogen-bond donors (Lipinski definition) is 1. The minimum atomic E-state index is 0.216. The molecule has 0 bridgehead atoms. The van der Waals surface area contributed by atoms with Crippen LogP contribution in [0.4, 0.5) is 0 Å². The lowest BCUT2D eigenvalue weighted by molar-refractivity contribution is 0.275. The quantitative estimate of drug-likeness (QED) is 0.811. The van der Waals surface area contributed by atoms with E-state index in [9.17, 15) is 0 Å². The molecular weight excluding hydrogens is 226 g/mol. The van der Waals surface area contributed by atoms with Crippen molar-refractivity contribution in [2.45, 2.75) is 19.4 Å². The van der Waals surface area contributed by atoms with Crippen LogP contribution in [0.1, 0.15) is 25.1 Å². The maximum atomic E-state index is 5.70. The number of ether oxygens (including phenoxy) is 1. The Kier molecular flexibility index (Phi) is 4.85. The molecule has 0 saturated carbocycles. The molecule has 2 aromatic rings. The lowest BCUT2D eigenvalue weighted by atomic mass is 10.1. The van der Waals surface area contributed by atoms with Crippen LogP contribution in [0.5, 0.6) is 5.75 Å². The van der Waals surface area contributed by atoms with Gasteiger partial charge in [-0.25, -0.2) is 0 Å². The minimum Gasteiger partial charge on any atom is -0.494 e. The third kappa shape index (κ3) is 3.64. The standard InChI is InChI=1S/C15H19NO2/c1-2-16-14(15-9-6-11-18-15)10-12-17-13-7-4-3-5-8-13/h3-9,11,14,16H,2,10,12H2,1H3. The Morgan fingerprint density at radius 2 is 2.00 bits per heavy atom. The van der Waals surface area contributed by atoms with Crippen LogP contribution in [0.2, 0.25) is 0 Å². The molecule has 0 aliphatic rings. The van der Waals surface area contributed by atoms with E-state index in [1.165, 1.54) is 0 Å². The largest absolute Gasteiger partial charge is 0.494 e. The predicted octanol–water partition coefficient (Wildman–Crippen LogP) is 3.40. The molecule has 0 spiro atoms. The molecule has 3 nitrogen and oxygen atoms in total. The van der Waals surface area contributed by atoms with Gasteiger partial charge in [-0.1, -0.05) is 25.1 Å². The van der Waals surface area contributed by atoms with E-state index in [1.54, 1.807) is 6.26 Å². The fraction of sp³-hybridized carbons (Fsp3) is 0.333. The van der Waals surface area contributed by atoms with Crippen molar-refractivity contribution >= 4 is 0 Å². The maximum absolute atomic E-state index is 5.70. The van der Waals surface area contributed by atoms with Crippen molar-refractivity contribution in [2.24, 2.45) is 0 Å². The van der Waals surface area contributed by atoms with Crippen LogP contribution in [0.15, 0.2) is 53.1 Å². The smallest absolute Gasteiger partial charge is 0.120 e. The number of hydrogen-bond acceptors (Lipinski definition) is 3. The summed E-state index contributed by atoms with van der Waals surface area (Å²) in [6.45, 7) is 3.67. The Bertz CT molecular complexity index is 425. The molecule has 0 fully saturated rings. The molecule has 1 heterocycles. The topological polar surface area (TPSA) is 34.4 Å². The first-order valence-corrected chi connectivity index (χ1v) is 6.34. The Labute approximate surface area is 108 Å². The Morgan fingerprint density at radius 1 is 1.17 bits per heavy atom. The Balaban J connectivity index is 1.83. The average molecular weight is 245 g/mol. The summed E-state index contributed by atoms with van der Waals surface area (Å²) in [5, 5.41) is 3.40. The zero-order valence-corrected chi connectivity index (χ0v) is 10.6. The van der Waals surface area contributed by atoms with E-state index in [4.69, 9.17) is 9.15 Å². The summed E-state index contributed by atoms with van der Waals surface area (Å²) in [6, 6.07) is 14.0. The minimum absolute atomic E-state index is 0.216. The molecule has 0 amide bonds. The van der Waals surface area contributed by atoms with Crippen molar-refractivity contribution in [2.75, 3.05) is 13.2 Å². The molecule has 0 aliphatic carbocycles. The highest BCUT2D eigenvalue weighted by Crippen LogP contribution is 2.18. The van der Waals surface area contributed by atoms with Crippen molar-refractivity contribution < 1.29 is 9.15 Å². The van der Waals surface area contributed by atoms with E-state index >= 15 is 0 Å². The van der Waals surface area contributed by atoms with Crippen LogP contribution in [-0.2, 0) is 0 Å². The fourth-order valence-electron chi connectivity index (χ4n) is 1.89. The summed E-state index contributed by atoms with van der Waals surface area (Å²) in [6.07, 6.45) is 2.59. The lowest BCUT2D eigenvalue weighted by Gasteiger charge is -2.15. The monoisotopic (exact) mass is 245 g/mol. The molecule has 1 unspecified atom stereocenters. The number of rotatable bonds is 7. The normalized spacial score (nSPS) is 12.3. The summed E-state index contributed by atoms with van der Waals surface area (Å²) in [4.78, 5) is 0. The first-order valence-electron chi connectivity index (χ1n) is 6.34. The summed E-state index contributed by atoms with van der Waals surface area (Å²) in [7, 11) is 0.